The van der Waals surface area contributed by atoms with E-state index in [1.165, 1.54) is 0 Å². The molecule has 3 unspecified atom stereocenters. The van der Waals surface area contributed by atoms with Gasteiger partial charge in [-0.3, -0.25) is 0 Å². The van der Waals surface area contributed by atoms with Crippen molar-refractivity contribution in [1.29, 1.82) is 0 Å². The highest BCUT2D eigenvalue weighted by Crippen LogP contribution is 2.21. The first-order valence-corrected chi connectivity index (χ1v) is 7.61. The number of hydrogen-bond donors (Lipinski definition) is 2. The van der Waals surface area contributed by atoms with Gasteiger partial charge in [-0.15, -0.1) is 0 Å². The molecule has 0 aliphatic carbocycles. The highest BCUT2D eigenvalue weighted by molar-refractivity contribution is 5.68. The zero-order valence-corrected chi connectivity index (χ0v) is 13.5. The average molecular weight is 286 g/mol. The second-order valence-corrected chi connectivity index (χ2v) is 6.84. The molecule has 118 valence electrons. The maximum Gasteiger partial charge on any atom is 0.407 e. The highest BCUT2D eigenvalue weighted by atomic mass is 16.6. The zero-order chi connectivity index (χ0) is 15.3. The first-order valence-electron chi connectivity index (χ1n) is 7.61. The smallest absolute Gasteiger partial charge is 0.407 e. The number of carbonyl (C=O) groups excluding carboxylic acids is 1. The number of piperidine rings is 1. The summed E-state index contributed by atoms with van der Waals surface area (Å²) in [5.41, 5.74) is -0.481. The lowest BCUT2D eigenvalue weighted by atomic mass is 9.90. The van der Waals surface area contributed by atoms with Crippen molar-refractivity contribution in [2.45, 2.75) is 65.2 Å². The Labute approximate surface area is 122 Å². The number of rotatable bonds is 4. The molecular formula is C15H30N2O3. The number of likely N-dealkylation sites (tertiary alicyclic amines) is 1. The average Bonchev–Trinajstić information content (AvgIpc) is 2.26. The molecule has 1 fully saturated rings. The van der Waals surface area contributed by atoms with Gasteiger partial charge in [0.15, 0.2) is 0 Å². The van der Waals surface area contributed by atoms with Crippen LogP contribution in [0.5, 0.6) is 0 Å². The molecule has 0 radical (unpaired) electrons. The van der Waals surface area contributed by atoms with Crippen molar-refractivity contribution in [2.75, 3.05) is 19.6 Å². The van der Waals surface area contributed by atoms with E-state index in [4.69, 9.17) is 4.74 Å². The molecule has 0 saturated carbocycles. The standard InChI is InChI=1S/C15H30N2O3/c1-6-7-17-9-12(11(2)18)8-13(10-17)16-14(19)20-15(3,4)5/h11-13,18H,6-10H2,1-5H3,(H,16,19). The van der Waals surface area contributed by atoms with Gasteiger partial charge in [0.2, 0.25) is 0 Å². The molecule has 0 spiro atoms. The number of aliphatic hydroxyl groups excluding tert-OH is 1. The maximum atomic E-state index is 11.9. The van der Waals surface area contributed by atoms with Crippen molar-refractivity contribution in [2.24, 2.45) is 5.92 Å². The van der Waals surface area contributed by atoms with E-state index in [0.717, 1.165) is 32.5 Å². The van der Waals surface area contributed by atoms with Gasteiger partial charge in [0.1, 0.15) is 5.60 Å². The van der Waals surface area contributed by atoms with E-state index in [1.54, 1.807) is 0 Å². The van der Waals surface area contributed by atoms with E-state index in [-0.39, 0.29) is 24.2 Å². The van der Waals surface area contributed by atoms with Gasteiger partial charge in [0.25, 0.3) is 0 Å². The van der Waals surface area contributed by atoms with Crippen LogP contribution in [0.2, 0.25) is 0 Å². The molecule has 0 aromatic heterocycles. The van der Waals surface area contributed by atoms with Gasteiger partial charge >= 0.3 is 6.09 Å². The summed E-state index contributed by atoms with van der Waals surface area (Å²) < 4.78 is 5.30. The van der Waals surface area contributed by atoms with E-state index >= 15 is 0 Å². The molecule has 3 atom stereocenters. The van der Waals surface area contributed by atoms with Crippen LogP contribution in [0.3, 0.4) is 0 Å². The van der Waals surface area contributed by atoms with Crippen LogP contribution in [-0.4, -0.2) is 53.5 Å². The van der Waals surface area contributed by atoms with Crippen LogP contribution in [0.1, 0.15) is 47.5 Å². The summed E-state index contributed by atoms with van der Waals surface area (Å²) in [6, 6.07) is 0.0461. The molecule has 0 bridgehead atoms. The third-order valence-corrected chi connectivity index (χ3v) is 3.50. The zero-order valence-electron chi connectivity index (χ0n) is 13.5. The van der Waals surface area contributed by atoms with Gasteiger partial charge in [-0.1, -0.05) is 6.92 Å². The molecule has 1 aliphatic heterocycles. The summed E-state index contributed by atoms with van der Waals surface area (Å²) in [5.74, 6) is 0.204. The second-order valence-electron chi connectivity index (χ2n) is 6.84. The fourth-order valence-corrected chi connectivity index (χ4v) is 2.66. The Morgan fingerprint density at radius 1 is 1.45 bits per heavy atom. The number of carbonyl (C=O) groups is 1. The first kappa shape index (κ1) is 17.2. The SMILES string of the molecule is CCCN1CC(NC(=O)OC(C)(C)C)CC(C(C)O)C1. The monoisotopic (exact) mass is 286 g/mol. The molecule has 2 N–H and O–H groups in total. The molecule has 5 nitrogen and oxygen atoms in total. The van der Waals surface area contributed by atoms with E-state index in [1.807, 2.05) is 27.7 Å². The third-order valence-electron chi connectivity index (χ3n) is 3.50. The highest BCUT2D eigenvalue weighted by Gasteiger charge is 2.31. The van der Waals surface area contributed by atoms with Crippen molar-refractivity contribution >= 4 is 6.09 Å². The molecule has 5 heteroatoms. The quantitative estimate of drug-likeness (QED) is 0.829. The largest absolute Gasteiger partial charge is 0.444 e. The summed E-state index contributed by atoms with van der Waals surface area (Å²) in [6.07, 6.45) is 1.16. The predicted molar refractivity (Wildman–Crippen MR) is 79.7 cm³/mol. The van der Waals surface area contributed by atoms with E-state index in [9.17, 15) is 9.90 Å². The summed E-state index contributed by atoms with van der Waals surface area (Å²) in [6.45, 7) is 12.3. The molecule has 1 rings (SSSR count). The number of nitrogens with zero attached hydrogens (tertiary/aromatic N) is 1. The molecule has 0 aromatic rings. The van der Waals surface area contributed by atoms with Crippen molar-refractivity contribution in [1.82, 2.24) is 10.2 Å². The Bertz CT molecular complexity index is 313. The fourth-order valence-electron chi connectivity index (χ4n) is 2.66. The Morgan fingerprint density at radius 3 is 2.60 bits per heavy atom. The molecule has 1 aliphatic rings. The topological polar surface area (TPSA) is 61.8 Å². The molecule has 1 saturated heterocycles. The fraction of sp³-hybridized carbons (Fsp3) is 0.933. The van der Waals surface area contributed by atoms with Gasteiger partial charge in [0.05, 0.1) is 6.10 Å². The first-order chi connectivity index (χ1) is 9.21. The van der Waals surface area contributed by atoms with Gasteiger partial charge < -0.3 is 20.1 Å². The number of aliphatic hydroxyl groups is 1. The van der Waals surface area contributed by atoms with Crippen LogP contribution in [0.4, 0.5) is 4.79 Å². The van der Waals surface area contributed by atoms with Gasteiger partial charge in [0, 0.05) is 19.1 Å². The minimum atomic E-state index is -0.481. The van der Waals surface area contributed by atoms with Gasteiger partial charge in [-0.25, -0.2) is 4.79 Å². The van der Waals surface area contributed by atoms with Gasteiger partial charge in [-0.2, -0.15) is 0 Å². The number of amides is 1. The van der Waals surface area contributed by atoms with Crippen LogP contribution in [0.15, 0.2) is 0 Å². The molecule has 1 amide bonds. The van der Waals surface area contributed by atoms with Crippen LogP contribution < -0.4 is 5.32 Å². The predicted octanol–water partition coefficient (Wildman–Crippen LogP) is 1.99. The Kier molecular flexibility index (Phi) is 6.27. The van der Waals surface area contributed by atoms with Crippen molar-refractivity contribution in [3.8, 4) is 0 Å². The Hall–Kier alpha value is -0.810. The van der Waals surface area contributed by atoms with Crippen LogP contribution >= 0.6 is 0 Å². The lowest BCUT2D eigenvalue weighted by Gasteiger charge is -2.39. The Morgan fingerprint density at radius 2 is 2.10 bits per heavy atom. The minimum absolute atomic E-state index is 0.0461. The number of ether oxygens (including phenoxy) is 1. The summed E-state index contributed by atoms with van der Waals surface area (Å²) >= 11 is 0. The van der Waals surface area contributed by atoms with E-state index in [0.29, 0.717) is 0 Å². The van der Waals surface area contributed by atoms with Crippen molar-refractivity contribution in [3.05, 3.63) is 0 Å². The number of nitrogens with one attached hydrogen (secondary N) is 1. The Balaban J connectivity index is 2.56. The number of alkyl carbamates (subject to hydrolysis) is 1. The minimum Gasteiger partial charge on any atom is -0.444 e. The number of hydrogen-bond acceptors (Lipinski definition) is 4. The molecular weight excluding hydrogens is 256 g/mol. The summed E-state index contributed by atoms with van der Waals surface area (Å²) in [7, 11) is 0. The second kappa shape index (κ2) is 7.27. The van der Waals surface area contributed by atoms with Crippen LogP contribution in [0.25, 0.3) is 0 Å². The van der Waals surface area contributed by atoms with E-state index < -0.39 is 5.60 Å². The van der Waals surface area contributed by atoms with Crippen LogP contribution in [-0.2, 0) is 4.74 Å². The molecule has 20 heavy (non-hydrogen) atoms. The third kappa shape index (κ3) is 6.09. The maximum absolute atomic E-state index is 11.9. The van der Waals surface area contributed by atoms with E-state index in [2.05, 4.69) is 17.1 Å². The van der Waals surface area contributed by atoms with Gasteiger partial charge in [-0.05, 0) is 53.0 Å². The molecule has 0 aromatic carbocycles. The van der Waals surface area contributed by atoms with Crippen molar-refractivity contribution < 1.29 is 14.6 Å². The summed E-state index contributed by atoms with van der Waals surface area (Å²) in [4.78, 5) is 14.2. The van der Waals surface area contributed by atoms with Crippen LogP contribution in [0, 0.1) is 5.92 Å². The lowest BCUT2D eigenvalue weighted by Crippen LogP contribution is -2.53. The normalized spacial score (nSPS) is 26.1. The lowest BCUT2D eigenvalue weighted by molar-refractivity contribution is 0.0301. The molecule has 1 heterocycles. The van der Waals surface area contributed by atoms with Crippen molar-refractivity contribution in [3.63, 3.8) is 0 Å². The summed E-state index contributed by atoms with van der Waals surface area (Å²) in [5, 5.41) is 12.8.